The Morgan fingerprint density at radius 3 is 2.94 bits per heavy atom. The quantitative estimate of drug-likeness (QED) is 0.466. The Hall–Kier alpha value is -1.64. The average molecular weight is 245 g/mol. The molecule has 0 heterocycles. The molecule has 2 rings (SSSR count). The lowest BCUT2D eigenvalue weighted by atomic mass is 9.72. The van der Waals surface area contributed by atoms with Crippen LogP contribution in [0.15, 0.2) is 23.4 Å². The lowest BCUT2D eigenvalue weighted by Crippen LogP contribution is -2.24. The number of rotatable bonds is 3. The van der Waals surface area contributed by atoms with Gasteiger partial charge in [-0.2, -0.15) is 0 Å². The van der Waals surface area contributed by atoms with E-state index < -0.39 is 0 Å². The minimum absolute atomic E-state index is 0.110. The topological polar surface area (TPSA) is 38.7 Å². The molecule has 0 unspecified atom stereocenters. The van der Waals surface area contributed by atoms with Crippen LogP contribution in [0.3, 0.4) is 0 Å². The Kier molecular flexibility index (Phi) is 3.50. The van der Waals surface area contributed by atoms with Crippen LogP contribution in [0.1, 0.15) is 48.2 Å². The molecule has 0 amide bonds. The van der Waals surface area contributed by atoms with Crippen molar-refractivity contribution >= 4 is 12.0 Å². The first-order valence-electron chi connectivity index (χ1n) is 6.29. The molecule has 0 atom stereocenters. The van der Waals surface area contributed by atoms with E-state index in [0.29, 0.717) is 5.56 Å². The summed E-state index contributed by atoms with van der Waals surface area (Å²) >= 11 is 0. The largest absolute Gasteiger partial charge is 0.399 e. The fourth-order valence-electron chi connectivity index (χ4n) is 2.61. The van der Waals surface area contributed by atoms with Crippen molar-refractivity contribution in [3.63, 3.8) is 0 Å². The van der Waals surface area contributed by atoms with E-state index in [1.807, 2.05) is 12.1 Å². The SMILES string of the molecule is CON=CC(=O)c1ccc2c(c1)C(C)(C)CCC2. The molecule has 0 aromatic heterocycles. The molecule has 1 aromatic carbocycles. The zero-order chi connectivity index (χ0) is 13.2. The van der Waals surface area contributed by atoms with Crippen LogP contribution in [-0.4, -0.2) is 19.1 Å². The van der Waals surface area contributed by atoms with Gasteiger partial charge in [-0.1, -0.05) is 31.1 Å². The highest BCUT2D eigenvalue weighted by Crippen LogP contribution is 2.37. The van der Waals surface area contributed by atoms with E-state index in [4.69, 9.17) is 0 Å². The first-order valence-corrected chi connectivity index (χ1v) is 6.29. The van der Waals surface area contributed by atoms with E-state index in [2.05, 4.69) is 29.9 Å². The van der Waals surface area contributed by atoms with Gasteiger partial charge in [0.15, 0.2) is 0 Å². The van der Waals surface area contributed by atoms with Crippen molar-refractivity contribution in [2.45, 2.75) is 38.5 Å². The Bertz CT molecular complexity index is 489. The minimum atomic E-state index is -0.110. The molecule has 0 spiro atoms. The van der Waals surface area contributed by atoms with Crippen molar-refractivity contribution in [1.82, 2.24) is 0 Å². The molecule has 18 heavy (non-hydrogen) atoms. The molecular weight excluding hydrogens is 226 g/mol. The standard InChI is InChI=1S/C15H19NO2/c1-15(2)8-4-5-11-6-7-12(9-13(11)15)14(17)10-16-18-3/h6-7,9-10H,4-5,8H2,1-3H3. The molecule has 1 aromatic rings. The van der Waals surface area contributed by atoms with E-state index in [9.17, 15) is 4.79 Å². The number of oxime groups is 1. The lowest BCUT2D eigenvalue weighted by molar-refractivity contribution is 0.106. The summed E-state index contributed by atoms with van der Waals surface area (Å²) in [6.45, 7) is 4.48. The maximum Gasteiger partial charge on any atom is 0.207 e. The molecule has 3 nitrogen and oxygen atoms in total. The molecule has 0 saturated heterocycles. The van der Waals surface area contributed by atoms with Gasteiger partial charge in [0.25, 0.3) is 0 Å². The van der Waals surface area contributed by atoms with Gasteiger partial charge in [-0.25, -0.2) is 0 Å². The summed E-state index contributed by atoms with van der Waals surface area (Å²) in [5, 5.41) is 3.52. The number of hydrogen-bond acceptors (Lipinski definition) is 3. The number of nitrogens with zero attached hydrogens (tertiary/aromatic N) is 1. The van der Waals surface area contributed by atoms with Crippen molar-refractivity contribution in [3.8, 4) is 0 Å². The van der Waals surface area contributed by atoms with Crippen molar-refractivity contribution in [2.75, 3.05) is 7.11 Å². The molecule has 0 saturated carbocycles. The van der Waals surface area contributed by atoms with Crippen molar-refractivity contribution in [2.24, 2.45) is 5.16 Å². The average Bonchev–Trinajstić information content (AvgIpc) is 2.35. The van der Waals surface area contributed by atoms with Gasteiger partial charge in [-0.3, -0.25) is 4.79 Å². The first-order chi connectivity index (χ1) is 8.54. The molecule has 0 N–H and O–H groups in total. The van der Waals surface area contributed by atoms with Crippen LogP contribution in [0.4, 0.5) is 0 Å². The van der Waals surface area contributed by atoms with Crippen LogP contribution in [0.2, 0.25) is 0 Å². The van der Waals surface area contributed by atoms with Crippen LogP contribution >= 0.6 is 0 Å². The third kappa shape index (κ3) is 2.45. The molecule has 0 radical (unpaired) electrons. The zero-order valence-corrected chi connectivity index (χ0v) is 11.2. The van der Waals surface area contributed by atoms with Gasteiger partial charge < -0.3 is 4.84 Å². The second-order valence-corrected chi connectivity index (χ2v) is 5.39. The third-order valence-electron chi connectivity index (χ3n) is 3.65. The predicted octanol–water partition coefficient (Wildman–Crippen LogP) is 3.12. The first kappa shape index (κ1) is 12.8. The maximum atomic E-state index is 11.9. The molecule has 0 fully saturated rings. The Morgan fingerprint density at radius 2 is 2.22 bits per heavy atom. The Labute approximate surface area is 108 Å². The molecular formula is C15H19NO2. The van der Waals surface area contributed by atoms with Gasteiger partial charge in [-0.05, 0) is 41.9 Å². The maximum absolute atomic E-state index is 11.9. The smallest absolute Gasteiger partial charge is 0.207 e. The van der Waals surface area contributed by atoms with E-state index in [0.717, 1.165) is 6.42 Å². The number of carbonyl (C=O) groups is 1. The molecule has 3 heteroatoms. The summed E-state index contributed by atoms with van der Waals surface area (Å²) in [6, 6.07) is 5.97. The zero-order valence-electron chi connectivity index (χ0n) is 11.2. The van der Waals surface area contributed by atoms with Crippen LogP contribution in [0.25, 0.3) is 0 Å². The Balaban J connectivity index is 2.37. The van der Waals surface area contributed by atoms with Gasteiger partial charge >= 0.3 is 0 Å². The number of fused-ring (bicyclic) bond motifs is 1. The highest BCUT2D eigenvalue weighted by atomic mass is 16.6. The van der Waals surface area contributed by atoms with Gasteiger partial charge in [0, 0.05) is 5.56 Å². The van der Waals surface area contributed by atoms with Crippen LogP contribution in [0, 0.1) is 0 Å². The normalized spacial score (nSPS) is 17.5. The highest BCUT2D eigenvalue weighted by molar-refractivity contribution is 6.35. The van der Waals surface area contributed by atoms with E-state index >= 15 is 0 Å². The summed E-state index contributed by atoms with van der Waals surface area (Å²) in [4.78, 5) is 16.4. The van der Waals surface area contributed by atoms with E-state index in [-0.39, 0.29) is 11.2 Å². The summed E-state index contributed by atoms with van der Waals surface area (Å²) in [5.74, 6) is -0.110. The van der Waals surface area contributed by atoms with Gasteiger partial charge in [0.1, 0.15) is 13.3 Å². The third-order valence-corrected chi connectivity index (χ3v) is 3.65. The molecule has 0 aliphatic heterocycles. The summed E-state index contributed by atoms with van der Waals surface area (Å²) in [6.07, 6.45) is 4.72. The van der Waals surface area contributed by atoms with Crippen LogP contribution in [0.5, 0.6) is 0 Å². The molecule has 1 aliphatic carbocycles. The Morgan fingerprint density at radius 1 is 1.44 bits per heavy atom. The number of ketones is 1. The molecule has 1 aliphatic rings. The lowest BCUT2D eigenvalue weighted by Gasteiger charge is -2.32. The van der Waals surface area contributed by atoms with Gasteiger partial charge in [0.05, 0.1) is 0 Å². The second-order valence-electron chi connectivity index (χ2n) is 5.39. The van der Waals surface area contributed by atoms with Gasteiger partial charge in [0.2, 0.25) is 5.78 Å². The second kappa shape index (κ2) is 4.92. The number of Topliss-reactive ketones (excluding diaryl/α,β-unsaturated/α-hetero) is 1. The van der Waals surface area contributed by atoms with Crippen LogP contribution in [-0.2, 0) is 16.7 Å². The van der Waals surface area contributed by atoms with Gasteiger partial charge in [-0.15, -0.1) is 0 Å². The molecule has 96 valence electrons. The highest BCUT2D eigenvalue weighted by Gasteiger charge is 2.27. The van der Waals surface area contributed by atoms with E-state index in [1.54, 1.807) is 0 Å². The summed E-state index contributed by atoms with van der Waals surface area (Å²) in [5.41, 5.74) is 3.50. The minimum Gasteiger partial charge on any atom is -0.399 e. The number of benzene rings is 1. The number of carbonyl (C=O) groups excluding carboxylic acids is 1. The number of hydrogen-bond donors (Lipinski definition) is 0. The summed E-state index contributed by atoms with van der Waals surface area (Å²) in [7, 11) is 1.43. The monoisotopic (exact) mass is 245 g/mol. The van der Waals surface area contributed by atoms with Crippen LogP contribution < -0.4 is 0 Å². The molecule has 0 bridgehead atoms. The number of aryl methyl sites for hydroxylation is 1. The predicted molar refractivity (Wildman–Crippen MR) is 72.2 cm³/mol. The van der Waals surface area contributed by atoms with Crippen molar-refractivity contribution in [3.05, 3.63) is 34.9 Å². The fraction of sp³-hybridized carbons (Fsp3) is 0.467. The van der Waals surface area contributed by atoms with Crippen molar-refractivity contribution < 1.29 is 9.63 Å². The summed E-state index contributed by atoms with van der Waals surface area (Å²) < 4.78 is 0. The van der Waals surface area contributed by atoms with Crippen molar-refractivity contribution in [1.29, 1.82) is 0 Å². The fourth-order valence-corrected chi connectivity index (χ4v) is 2.61. The van der Waals surface area contributed by atoms with E-state index in [1.165, 1.54) is 37.3 Å².